The van der Waals surface area contributed by atoms with Crippen molar-refractivity contribution in [2.75, 3.05) is 32.3 Å². The molecule has 5 nitrogen and oxygen atoms in total. The largest absolute Gasteiger partial charge is 0.465 e. The van der Waals surface area contributed by atoms with Crippen molar-refractivity contribution >= 4 is 29.3 Å². The van der Waals surface area contributed by atoms with Gasteiger partial charge in [0.25, 0.3) is 0 Å². The topological polar surface area (TPSA) is 55.8 Å². The molecule has 1 amide bonds. The van der Waals surface area contributed by atoms with E-state index in [1.807, 2.05) is 26.8 Å². The summed E-state index contributed by atoms with van der Waals surface area (Å²) in [5.41, 5.74) is 2.16. The Morgan fingerprint density at radius 1 is 1.25 bits per heavy atom. The second-order valence-electron chi connectivity index (χ2n) is 6.40. The van der Waals surface area contributed by atoms with Crippen LogP contribution in [0.3, 0.4) is 0 Å². The highest BCUT2D eigenvalue weighted by molar-refractivity contribution is 8.01. The summed E-state index contributed by atoms with van der Waals surface area (Å²) in [4.78, 5) is 27.7. The summed E-state index contributed by atoms with van der Waals surface area (Å²) < 4.78 is 9.42. The number of aryl methyl sites for hydroxylation is 1. The molecule has 1 aliphatic rings. The van der Waals surface area contributed by atoms with Crippen LogP contribution in [0.25, 0.3) is 0 Å². The van der Waals surface area contributed by atoms with Crippen LogP contribution in [0.15, 0.2) is 17.0 Å². The first-order valence-corrected chi connectivity index (χ1v) is 8.86. The first kappa shape index (κ1) is 18.8. The number of carbonyl (C=O) groups is 2. The van der Waals surface area contributed by atoms with Crippen molar-refractivity contribution in [2.24, 2.45) is 0 Å². The Balaban J connectivity index is 2.40. The van der Waals surface area contributed by atoms with Crippen molar-refractivity contribution < 1.29 is 19.1 Å². The van der Waals surface area contributed by atoms with Gasteiger partial charge in [-0.15, -0.1) is 11.8 Å². The van der Waals surface area contributed by atoms with E-state index in [0.717, 1.165) is 29.0 Å². The maximum atomic E-state index is 12.9. The van der Waals surface area contributed by atoms with Crippen molar-refractivity contribution in [2.45, 2.75) is 43.3 Å². The molecule has 0 aromatic heterocycles. The number of hydrogen-bond donors (Lipinski definition) is 0. The molecule has 0 atom stereocenters. The lowest BCUT2D eigenvalue weighted by Crippen LogP contribution is -2.47. The Hall–Kier alpha value is -1.53. The van der Waals surface area contributed by atoms with Gasteiger partial charge in [0.05, 0.1) is 23.1 Å². The van der Waals surface area contributed by atoms with Gasteiger partial charge in [0, 0.05) is 25.2 Å². The summed E-state index contributed by atoms with van der Waals surface area (Å²) in [6, 6.07) is 3.76. The van der Waals surface area contributed by atoms with Crippen molar-refractivity contribution in [3.05, 3.63) is 23.3 Å². The summed E-state index contributed by atoms with van der Waals surface area (Å²) in [5, 5.41) is 0. The Labute approximate surface area is 147 Å². The molecule has 132 valence electrons. The average molecular weight is 351 g/mol. The number of nitrogens with zero attached hydrogens (tertiary/aromatic N) is 1. The number of methoxy groups -OCH3 is 2. The smallest absolute Gasteiger partial charge is 0.338 e. The van der Waals surface area contributed by atoms with E-state index in [-0.39, 0.29) is 11.9 Å². The van der Waals surface area contributed by atoms with Crippen molar-refractivity contribution in [1.82, 2.24) is 0 Å². The first-order valence-electron chi connectivity index (χ1n) is 8.04. The minimum Gasteiger partial charge on any atom is -0.465 e. The number of carbonyl (C=O) groups excluding carboxylic acids is 2. The zero-order valence-electron chi connectivity index (χ0n) is 15.0. The minimum atomic E-state index is -0.520. The molecule has 0 saturated heterocycles. The summed E-state index contributed by atoms with van der Waals surface area (Å²) >= 11 is 1.54. The maximum Gasteiger partial charge on any atom is 0.338 e. The third-order valence-electron chi connectivity index (χ3n) is 4.11. The monoisotopic (exact) mass is 351 g/mol. The van der Waals surface area contributed by atoms with Gasteiger partial charge >= 0.3 is 5.97 Å². The molecule has 6 heteroatoms. The van der Waals surface area contributed by atoms with Crippen LogP contribution >= 0.6 is 11.8 Å². The third-order valence-corrected chi connectivity index (χ3v) is 5.34. The summed E-state index contributed by atoms with van der Waals surface area (Å²) in [7, 11) is 3.04. The molecule has 0 fully saturated rings. The summed E-state index contributed by atoms with van der Waals surface area (Å²) in [6.07, 6.45) is 1.74. The number of ether oxygens (including phenoxy) is 2. The normalized spacial score (nSPS) is 16.0. The van der Waals surface area contributed by atoms with E-state index in [2.05, 4.69) is 0 Å². The molecule has 0 N–H and O–H groups in total. The van der Waals surface area contributed by atoms with Crippen LogP contribution in [-0.4, -0.2) is 44.0 Å². The molecular weight excluding hydrogens is 326 g/mol. The van der Waals surface area contributed by atoms with Crippen LogP contribution in [0.1, 0.15) is 42.6 Å². The van der Waals surface area contributed by atoms with Crippen LogP contribution < -0.4 is 4.90 Å². The standard InChI is InChI=1S/C18H25NO4S/c1-12-10-15-14(11-13(12)16(20)23-5)19(8-6-7-9-22-4)17(21)18(2,3)24-15/h10-11H,6-9H2,1-5H3. The highest BCUT2D eigenvalue weighted by Crippen LogP contribution is 2.46. The van der Waals surface area contributed by atoms with Gasteiger partial charge in [-0.05, 0) is 51.3 Å². The van der Waals surface area contributed by atoms with E-state index >= 15 is 0 Å². The zero-order chi connectivity index (χ0) is 17.9. The van der Waals surface area contributed by atoms with Gasteiger partial charge in [-0.3, -0.25) is 4.79 Å². The second-order valence-corrected chi connectivity index (χ2v) is 8.06. The van der Waals surface area contributed by atoms with Gasteiger partial charge in [0.2, 0.25) is 5.91 Å². The van der Waals surface area contributed by atoms with Crippen LogP contribution in [0, 0.1) is 6.92 Å². The van der Waals surface area contributed by atoms with Crippen LogP contribution in [0.2, 0.25) is 0 Å². The molecule has 0 unspecified atom stereocenters. The van der Waals surface area contributed by atoms with Crippen LogP contribution in [0.5, 0.6) is 0 Å². The van der Waals surface area contributed by atoms with E-state index in [9.17, 15) is 9.59 Å². The summed E-state index contributed by atoms with van der Waals surface area (Å²) in [5.74, 6) is -0.311. The van der Waals surface area contributed by atoms with Gasteiger partial charge in [0.1, 0.15) is 0 Å². The zero-order valence-corrected chi connectivity index (χ0v) is 15.8. The number of amides is 1. The van der Waals surface area contributed by atoms with Gasteiger partial charge in [0.15, 0.2) is 0 Å². The van der Waals surface area contributed by atoms with Crippen molar-refractivity contribution in [1.29, 1.82) is 0 Å². The number of fused-ring (bicyclic) bond motifs is 1. The van der Waals surface area contributed by atoms with Crippen molar-refractivity contribution in [3.63, 3.8) is 0 Å². The van der Waals surface area contributed by atoms with E-state index in [4.69, 9.17) is 9.47 Å². The Kier molecular flexibility index (Phi) is 5.93. The Morgan fingerprint density at radius 2 is 1.96 bits per heavy atom. The lowest BCUT2D eigenvalue weighted by molar-refractivity contribution is -0.120. The molecule has 1 aromatic rings. The molecule has 0 saturated carbocycles. The Bertz CT molecular complexity index is 642. The number of anilines is 1. The molecular formula is C18H25NO4S. The maximum absolute atomic E-state index is 12.9. The summed E-state index contributed by atoms with van der Waals surface area (Å²) in [6.45, 7) is 7.06. The van der Waals surface area contributed by atoms with Gasteiger partial charge < -0.3 is 14.4 Å². The van der Waals surface area contributed by atoms with Crippen molar-refractivity contribution in [3.8, 4) is 0 Å². The molecule has 0 radical (unpaired) electrons. The number of thioether (sulfide) groups is 1. The number of rotatable bonds is 6. The van der Waals surface area contributed by atoms with Gasteiger partial charge in [-0.2, -0.15) is 0 Å². The van der Waals surface area contributed by atoms with Gasteiger partial charge in [-0.25, -0.2) is 4.79 Å². The fraction of sp³-hybridized carbons (Fsp3) is 0.556. The quantitative estimate of drug-likeness (QED) is 0.580. The SMILES string of the molecule is COCCCCN1C(=O)C(C)(C)Sc2cc(C)c(C(=O)OC)cc21. The van der Waals surface area contributed by atoms with E-state index < -0.39 is 4.75 Å². The first-order chi connectivity index (χ1) is 11.3. The van der Waals surface area contributed by atoms with E-state index in [0.29, 0.717) is 18.7 Å². The lowest BCUT2D eigenvalue weighted by atomic mass is 10.0. The van der Waals surface area contributed by atoms with Crippen LogP contribution in [0.4, 0.5) is 5.69 Å². The predicted molar refractivity (Wildman–Crippen MR) is 95.9 cm³/mol. The number of benzene rings is 1. The van der Waals surface area contributed by atoms with E-state index in [1.54, 1.807) is 29.8 Å². The number of esters is 1. The number of unbranched alkanes of at least 4 members (excludes halogenated alkanes) is 1. The minimum absolute atomic E-state index is 0.0667. The van der Waals surface area contributed by atoms with E-state index in [1.165, 1.54) is 7.11 Å². The second kappa shape index (κ2) is 7.57. The third kappa shape index (κ3) is 3.75. The molecule has 0 aliphatic carbocycles. The van der Waals surface area contributed by atoms with Crippen LogP contribution in [-0.2, 0) is 14.3 Å². The molecule has 0 bridgehead atoms. The molecule has 24 heavy (non-hydrogen) atoms. The highest BCUT2D eigenvalue weighted by atomic mass is 32.2. The molecule has 0 spiro atoms. The Morgan fingerprint density at radius 3 is 2.58 bits per heavy atom. The molecule has 1 heterocycles. The molecule has 2 rings (SSSR count). The highest BCUT2D eigenvalue weighted by Gasteiger charge is 2.40. The fourth-order valence-corrected chi connectivity index (χ4v) is 4.04. The average Bonchev–Trinajstić information content (AvgIpc) is 2.53. The van der Waals surface area contributed by atoms with Gasteiger partial charge in [-0.1, -0.05) is 0 Å². The lowest BCUT2D eigenvalue weighted by Gasteiger charge is -2.38. The number of hydrogen-bond acceptors (Lipinski definition) is 5. The fourth-order valence-electron chi connectivity index (χ4n) is 2.78. The molecule has 1 aliphatic heterocycles. The molecule has 1 aromatic carbocycles. The predicted octanol–water partition coefficient (Wildman–Crippen LogP) is 3.43.